The van der Waals surface area contributed by atoms with Crippen LogP contribution in [0.5, 0.6) is 0 Å². The second-order valence-electron chi connectivity index (χ2n) is 4.40. The van der Waals surface area contributed by atoms with Gasteiger partial charge < -0.3 is 15.8 Å². The zero-order valence-electron chi connectivity index (χ0n) is 10.3. The molecule has 1 heterocycles. The van der Waals surface area contributed by atoms with E-state index in [0.29, 0.717) is 5.84 Å². The normalized spacial score (nSPS) is 19.7. The lowest BCUT2D eigenvalue weighted by atomic mass is 9.97. The van der Waals surface area contributed by atoms with Crippen LogP contribution in [0.25, 0.3) is 0 Å². The maximum atomic E-state index is 8.94. The molecule has 1 atom stereocenters. The molecule has 4 nitrogen and oxygen atoms in total. The minimum Gasteiger partial charge on any atom is -0.409 e. The van der Waals surface area contributed by atoms with E-state index in [9.17, 15) is 0 Å². The molecule has 1 aromatic rings. The molecule has 0 radical (unpaired) electrons. The van der Waals surface area contributed by atoms with Gasteiger partial charge in [0.05, 0.1) is 5.92 Å². The van der Waals surface area contributed by atoms with Crippen LogP contribution in [0.3, 0.4) is 0 Å². The fourth-order valence-electron chi connectivity index (χ4n) is 2.17. The van der Waals surface area contributed by atoms with E-state index in [1.165, 1.54) is 0 Å². The molecule has 18 heavy (non-hydrogen) atoms. The van der Waals surface area contributed by atoms with Crippen LogP contribution in [0.1, 0.15) is 11.5 Å². The van der Waals surface area contributed by atoms with Crippen LogP contribution in [-0.2, 0) is 0 Å². The predicted molar refractivity (Wildman–Crippen MR) is 76.4 cm³/mol. The topological polar surface area (TPSA) is 61.9 Å². The van der Waals surface area contributed by atoms with Crippen molar-refractivity contribution in [3.8, 4) is 0 Å². The smallest absolute Gasteiger partial charge is 0.147 e. The van der Waals surface area contributed by atoms with Gasteiger partial charge in [-0.3, -0.25) is 0 Å². The highest BCUT2D eigenvalue weighted by Gasteiger charge is 2.21. The van der Waals surface area contributed by atoms with Gasteiger partial charge in [0.1, 0.15) is 5.84 Å². The first-order valence-corrected chi connectivity index (χ1v) is 7.29. The summed E-state index contributed by atoms with van der Waals surface area (Å²) in [5, 5.41) is 12.1. The lowest BCUT2D eigenvalue weighted by Crippen LogP contribution is -2.39. The van der Waals surface area contributed by atoms with E-state index in [4.69, 9.17) is 10.9 Å². The molecule has 0 saturated carbocycles. The van der Waals surface area contributed by atoms with Crippen molar-refractivity contribution < 1.29 is 5.21 Å². The lowest BCUT2D eigenvalue weighted by molar-refractivity contribution is 0.289. The van der Waals surface area contributed by atoms with Crippen molar-refractivity contribution in [3.05, 3.63) is 35.9 Å². The maximum absolute atomic E-state index is 8.94. The molecule has 98 valence electrons. The van der Waals surface area contributed by atoms with Gasteiger partial charge in [-0.25, -0.2) is 0 Å². The summed E-state index contributed by atoms with van der Waals surface area (Å²) in [5.41, 5.74) is 6.94. The molecule has 1 fully saturated rings. The Morgan fingerprint density at radius 3 is 2.61 bits per heavy atom. The Morgan fingerprint density at radius 1 is 1.33 bits per heavy atom. The minimum absolute atomic E-state index is 0.0284. The summed E-state index contributed by atoms with van der Waals surface area (Å²) in [4.78, 5) is 2.38. The molecule has 0 spiro atoms. The van der Waals surface area contributed by atoms with Gasteiger partial charge in [-0.05, 0) is 5.56 Å². The summed E-state index contributed by atoms with van der Waals surface area (Å²) in [6, 6.07) is 10.0. The standard InChI is InChI=1S/C13H19N3OS/c14-13(15-17)12(11-4-2-1-3-5-11)10-16-6-8-18-9-7-16/h1-5,12,17H,6-10H2,(H2,14,15). The molecule has 1 saturated heterocycles. The third-order valence-corrected chi connectivity index (χ3v) is 4.16. The van der Waals surface area contributed by atoms with Crippen LogP contribution in [0.2, 0.25) is 0 Å². The molecule has 1 unspecified atom stereocenters. The Balaban J connectivity index is 2.10. The van der Waals surface area contributed by atoms with Crippen molar-refractivity contribution in [2.75, 3.05) is 31.1 Å². The summed E-state index contributed by atoms with van der Waals surface area (Å²) >= 11 is 1.98. The van der Waals surface area contributed by atoms with Gasteiger partial charge >= 0.3 is 0 Å². The van der Waals surface area contributed by atoms with Crippen molar-refractivity contribution in [3.63, 3.8) is 0 Å². The summed E-state index contributed by atoms with van der Waals surface area (Å²) in [6.07, 6.45) is 0. The van der Waals surface area contributed by atoms with Crippen molar-refractivity contribution in [2.24, 2.45) is 10.9 Å². The highest BCUT2D eigenvalue weighted by molar-refractivity contribution is 7.99. The van der Waals surface area contributed by atoms with Crippen LogP contribution in [0.15, 0.2) is 35.5 Å². The molecule has 0 bridgehead atoms. The Morgan fingerprint density at radius 2 is 2.00 bits per heavy atom. The number of benzene rings is 1. The first-order chi connectivity index (χ1) is 8.81. The molecule has 0 aromatic heterocycles. The number of rotatable bonds is 4. The number of hydrogen-bond acceptors (Lipinski definition) is 4. The van der Waals surface area contributed by atoms with E-state index in [1.54, 1.807) is 0 Å². The average molecular weight is 265 g/mol. The van der Waals surface area contributed by atoms with Gasteiger partial charge in [-0.15, -0.1) is 0 Å². The van der Waals surface area contributed by atoms with Gasteiger partial charge in [0.15, 0.2) is 0 Å². The fraction of sp³-hybridized carbons (Fsp3) is 0.462. The van der Waals surface area contributed by atoms with Crippen molar-refractivity contribution in [2.45, 2.75) is 5.92 Å². The third kappa shape index (κ3) is 3.40. The van der Waals surface area contributed by atoms with E-state index >= 15 is 0 Å². The van der Waals surface area contributed by atoms with Crippen LogP contribution in [-0.4, -0.2) is 47.1 Å². The second kappa shape index (κ2) is 6.66. The van der Waals surface area contributed by atoms with Gasteiger partial charge in [0, 0.05) is 31.1 Å². The van der Waals surface area contributed by atoms with Gasteiger partial charge in [0.2, 0.25) is 0 Å². The summed E-state index contributed by atoms with van der Waals surface area (Å²) in [5.74, 6) is 2.59. The van der Waals surface area contributed by atoms with Crippen molar-refractivity contribution in [1.29, 1.82) is 0 Å². The molecule has 3 N–H and O–H groups in total. The first kappa shape index (κ1) is 13.2. The number of thioether (sulfide) groups is 1. The van der Waals surface area contributed by atoms with Crippen LogP contribution in [0, 0.1) is 0 Å². The average Bonchev–Trinajstić information content (AvgIpc) is 2.46. The zero-order chi connectivity index (χ0) is 12.8. The highest BCUT2D eigenvalue weighted by Crippen LogP contribution is 2.19. The van der Waals surface area contributed by atoms with Crippen LogP contribution >= 0.6 is 11.8 Å². The monoisotopic (exact) mass is 265 g/mol. The number of oxime groups is 1. The van der Waals surface area contributed by atoms with E-state index in [2.05, 4.69) is 10.1 Å². The maximum Gasteiger partial charge on any atom is 0.147 e. The highest BCUT2D eigenvalue weighted by atomic mass is 32.2. The molecule has 1 aliphatic heterocycles. The second-order valence-corrected chi connectivity index (χ2v) is 5.63. The SMILES string of the molecule is NC(=NO)C(CN1CCSCC1)c1ccccc1. The van der Waals surface area contributed by atoms with Gasteiger partial charge in [-0.1, -0.05) is 35.5 Å². The number of nitrogens with two attached hydrogens (primary N) is 1. The summed E-state index contributed by atoms with van der Waals surface area (Å²) in [6.45, 7) is 2.97. The van der Waals surface area contributed by atoms with E-state index < -0.39 is 0 Å². The van der Waals surface area contributed by atoms with E-state index in [1.807, 2.05) is 42.1 Å². The van der Waals surface area contributed by atoms with Gasteiger partial charge in [0.25, 0.3) is 0 Å². The molecule has 1 aliphatic rings. The molecular formula is C13H19N3OS. The molecule has 0 amide bonds. The largest absolute Gasteiger partial charge is 0.409 e. The number of amidine groups is 1. The summed E-state index contributed by atoms with van der Waals surface area (Å²) < 4.78 is 0. The van der Waals surface area contributed by atoms with E-state index in [0.717, 1.165) is 36.7 Å². The Hall–Kier alpha value is -1.20. The molecule has 5 heteroatoms. The van der Waals surface area contributed by atoms with Crippen molar-refractivity contribution >= 4 is 17.6 Å². The van der Waals surface area contributed by atoms with E-state index in [-0.39, 0.29) is 5.92 Å². The molecular weight excluding hydrogens is 246 g/mol. The molecule has 0 aliphatic carbocycles. The Kier molecular flexibility index (Phi) is 4.90. The first-order valence-electron chi connectivity index (χ1n) is 6.13. The zero-order valence-corrected chi connectivity index (χ0v) is 11.1. The van der Waals surface area contributed by atoms with Crippen LogP contribution < -0.4 is 5.73 Å². The van der Waals surface area contributed by atoms with Crippen molar-refractivity contribution in [1.82, 2.24) is 4.90 Å². The summed E-state index contributed by atoms with van der Waals surface area (Å²) in [7, 11) is 0. The number of nitrogens with zero attached hydrogens (tertiary/aromatic N) is 2. The third-order valence-electron chi connectivity index (χ3n) is 3.22. The predicted octanol–water partition coefficient (Wildman–Crippen LogP) is 1.57. The lowest BCUT2D eigenvalue weighted by Gasteiger charge is -2.29. The van der Waals surface area contributed by atoms with Gasteiger partial charge in [-0.2, -0.15) is 11.8 Å². The Bertz CT molecular complexity index is 390. The minimum atomic E-state index is -0.0284. The fourth-order valence-corrected chi connectivity index (χ4v) is 3.15. The van der Waals surface area contributed by atoms with Crippen LogP contribution in [0.4, 0.5) is 0 Å². The quantitative estimate of drug-likeness (QED) is 0.375. The molecule has 2 rings (SSSR count). The molecule has 1 aromatic carbocycles. The number of hydrogen-bond donors (Lipinski definition) is 2. The Labute approximate surface area is 112 Å².